The molecule has 0 heterocycles. The van der Waals surface area contributed by atoms with Crippen molar-refractivity contribution in [2.45, 2.75) is 32.5 Å². The van der Waals surface area contributed by atoms with Crippen LogP contribution in [0.25, 0.3) is 0 Å². The summed E-state index contributed by atoms with van der Waals surface area (Å²) in [5.74, 6) is 5.69. The molecule has 0 aliphatic carbocycles. The summed E-state index contributed by atoms with van der Waals surface area (Å²) in [7, 11) is 0. The van der Waals surface area contributed by atoms with Crippen LogP contribution in [0.4, 0.5) is 0 Å². The number of hydrazine groups is 1. The van der Waals surface area contributed by atoms with Crippen LogP contribution in [0.5, 0.6) is 0 Å². The molecule has 6 N–H and O–H groups in total. The molecule has 108 valence electrons. The standard InChI is InChI=1S/C11H25IN4O2/c1-9(6-13)17-8-11(2,3)18-5-4-16(15)7-10(12)14/h7,9H,4-6,8,13-15H2,1-3H3/b10-7-. The Bertz CT molecular complexity index is 257. The van der Waals surface area contributed by atoms with Crippen molar-refractivity contribution in [2.24, 2.45) is 17.3 Å². The van der Waals surface area contributed by atoms with Crippen LogP contribution in [-0.4, -0.2) is 43.0 Å². The molecule has 0 aliphatic heterocycles. The van der Waals surface area contributed by atoms with Crippen LogP contribution in [0.2, 0.25) is 0 Å². The molecular weight excluding hydrogens is 347 g/mol. The van der Waals surface area contributed by atoms with Crippen molar-refractivity contribution in [1.29, 1.82) is 0 Å². The van der Waals surface area contributed by atoms with E-state index in [1.54, 1.807) is 6.20 Å². The number of rotatable bonds is 9. The number of nitrogens with zero attached hydrogens (tertiary/aromatic N) is 1. The highest BCUT2D eigenvalue weighted by Crippen LogP contribution is 2.10. The fourth-order valence-corrected chi connectivity index (χ4v) is 1.46. The summed E-state index contributed by atoms with van der Waals surface area (Å²) in [5.41, 5.74) is 10.6. The molecule has 0 saturated carbocycles. The van der Waals surface area contributed by atoms with Crippen molar-refractivity contribution >= 4 is 22.6 Å². The summed E-state index contributed by atoms with van der Waals surface area (Å²) < 4.78 is 11.9. The van der Waals surface area contributed by atoms with Gasteiger partial charge in [0.2, 0.25) is 0 Å². The minimum Gasteiger partial charge on any atom is -0.393 e. The Morgan fingerprint density at radius 3 is 2.61 bits per heavy atom. The van der Waals surface area contributed by atoms with Gasteiger partial charge in [-0.25, -0.2) is 5.84 Å². The molecule has 1 unspecified atom stereocenters. The second-order valence-corrected chi connectivity index (χ2v) is 5.96. The third-order valence-electron chi connectivity index (χ3n) is 2.18. The van der Waals surface area contributed by atoms with Gasteiger partial charge in [-0.3, -0.25) is 0 Å². The summed E-state index contributed by atoms with van der Waals surface area (Å²) >= 11 is 1.99. The monoisotopic (exact) mass is 372 g/mol. The lowest BCUT2D eigenvalue weighted by molar-refractivity contribution is -0.0914. The SMILES string of the molecule is CC(CN)OCC(C)(C)OCCN(N)/C=C(\N)I. The first-order valence-electron chi connectivity index (χ1n) is 5.86. The Morgan fingerprint density at radius 1 is 1.50 bits per heavy atom. The molecule has 0 aromatic carbocycles. The average molecular weight is 372 g/mol. The summed E-state index contributed by atoms with van der Waals surface area (Å²) in [5, 5.41) is 1.50. The number of nitrogens with two attached hydrogens (primary N) is 3. The third-order valence-corrected chi connectivity index (χ3v) is 2.46. The van der Waals surface area contributed by atoms with Gasteiger partial charge in [-0.05, 0) is 43.4 Å². The van der Waals surface area contributed by atoms with Crippen molar-refractivity contribution in [3.05, 3.63) is 9.90 Å². The highest BCUT2D eigenvalue weighted by Gasteiger charge is 2.19. The van der Waals surface area contributed by atoms with E-state index >= 15 is 0 Å². The lowest BCUT2D eigenvalue weighted by Crippen LogP contribution is -2.37. The molecule has 0 bridgehead atoms. The second-order valence-electron chi connectivity index (χ2n) is 4.72. The Morgan fingerprint density at radius 2 is 2.11 bits per heavy atom. The van der Waals surface area contributed by atoms with Crippen LogP contribution in [0.3, 0.4) is 0 Å². The molecule has 1 atom stereocenters. The maximum atomic E-state index is 5.72. The fraction of sp³-hybridized carbons (Fsp3) is 0.818. The molecule has 0 spiro atoms. The Labute approximate surface area is 123 Å². The summed E-state index contributed by atoms with van der Waals surface area (Å²) in [4.78, 5) is 0. The summed E-state index contributed by atoms with van der Waals surface area (Å²) in [6, 6.07) is 0. The minimum atomic E-state index is -0.357. The molecule has 18 heavy (non-hydrogen) atoms. The van der Waals surface area contributed by atoms with E-state index < -0.39 is 0 Å². The highest BCUT2D eigenvalue weighted by atomic mass is 127. The molecule has 0 aromatic rings. The van der Waals surface area contributed by atoms with E-state index in [1.807, 2.05) is 43.4 Å². The van der Waals surface area contributed by atoms with Gasteiger partial charge in [-0.2, -0.15) is 0 Å². The Balaban J connectivity index is 3.86. The third kappa shape index (κ3) is 9.89. The first-order valence-corrected chi connectivity index (χ1v) is 6.94. The van der Waals surface area contributed by atoms with Crippen LogP contribution in [-0.2, 0) is 9.47 Å². The van der Waals surface area contributed by atoms with Crippen molar-refractivity contribution in [3.63, 3.8) is 0 Å². The first kappa shape index (κ1) is 17.9. The largest absolute Gasteiger partial charge is 0.393 e. The van der Waals surface area contributed by atoms with Crippen LogP contribution < -0.4 is 17.3 Å². The zero-order valence-electron chi connectivity index (χ0n) is 11.4. The van der Waals surface area contributed by atoms with Gasteiger partial charge in [-0.1, -0.05) is 0 Å². The predicted molar refractivity (Wildman–Crippen MR) is 81.7 cm³/mol. The minimum absolute atomic E-state index is 0.0423. The first-order chi connectivity index (χ1) is 8.26. The molecule has 6 nitrogen and oxygen atoms in total. The average Bonchev–Trinajstić information content (AvgIpc) is 2.24. The van der Waals surface area contributed by atoms with Gasteiger partial charge >= 0.3 is 0 Å². The zero-order valence-corrected chi connectivity index (χ0v) is 13.5. The number of ether oxygens (including phenoxy) is 2. The maximum absolute atomic E-state index is 5.72. The lowest BCUT2D eigenvalue weighted by Gasteiger charge is -2.27. The predicted octanol–water partition coefficient (Wildman–Crippen LogP) is 0.514. The van der Waals surface area contributed by atoms with Gasteiger partial charge in [-0.15, -0.1) is 0 Å². The smallest absolute Gasteiger partial charge is 0.0881 e. The van der Waals surface area contributed by atoms with Gasteiger partial charge < -0.3 is 25.9 Å². The topological polar surface area (TPSA) is 99.8 Å². The van der Waals surface area contributed by atoms with Gasteiger partial charge in [0.05, 0.1) is 35.2 Å². The van der Waals surface area contributed by atoms with Gasteiger partial charge in [0.15, 0.2) is 0 Å². The van der Waals surface area contributed by atoms with Crippen molar-refractivity contribution in [3.8, 4) is 0 Å². The molecular formula is C11H25IN4O2. The van der Waals surface area contributed by atoms with Gasteiger partial charge in [0, 0.05) is 12.7 Å². The van der Waals surface area contributed by atoms with Crippen molar-refractivity contribution in [2.75, 3.05) is 26.3 Å². The van der Waals surface area contributed by atoms with Crippen LogP contribution in [0, 0.1) is 0 Å². The Kier molecular flexibility index (Phi) is 8.87. The van der Waals surface area contributed by atoms with Crippen LogP contribution >= 0.6 is 22.6 Å². The van der Waals surface area contributed by atoms with E-state index in [0.29, 0.717) is 30.0 Å². The number of halogens is 1. The number of hydrogen-bond acceptors (Lipinski definition) is 6. The molecule has 0 radical (unpaired) electrons. The molecule has 0 amide bonds. The maximum Gasteiger partial charge on any atom is 0.0881 e. The zero-order chi connectivity index (χ0) is 14.2. The van der Waals surface area contributed by atoms with E-state index in [1.165, 1.54) is 5.01 Å². The quantitative estimate of drug-likeness (QED) is 0.236. The van der Waals surface area contributed by atoms with Crippen molar-refractivity contribution in [1.82, 2.24) is 5.01 Å². The van der Waals surface area contributed by atoms with E-state index in [2.05, 4.69) is 0 Å². The normalized spacial score (nSPS) is 14.7. The van der Waals surface area contributed by atoms with E-state index in [9.17, 15) is 0 Å². The fourth-order valence-electron chi connectivity index (χ4n) is 1.10. The van der Waals surface area contributed by atoms with Gasteiger partial charge in [0.1, 0.15) is 0 Å². The van der Waals surface area contributed by atoms with Crippen molar-refractivity contribution < 1.29 is 9.47 Å². The molecule has 0 aromatic heterocycles. The van der Waals surface area contributed by atoms with Crippen LogP contribution in [0.1, 0.15) is 20.8 Å². The van der Waals surface area contributed by atoms with E-state index in [4.69, 9.17) is 26.8 Å². The molecule has 0 fully saturated rings. The molecule has 0 rings (SSSR count). The highest BCUT2D eigenvalue weighted by molar-refractivity contribution is 14.1. The van der Waals surface area contributed by atoms with E-state index in [-0.39, 0.29) is 11.7 Å². The van der Waals surface area contributed by atoms with Crippen LogP contribution in [0.15, 0.2) is 9.90 Å². The molecule has 7 heteroatoms. The number of hydrogen-bond donors (Lipinski definition) is 3. The lowest BCUT2D eigenvalue weighted by atomic mass is 10.1. The van der Waals surface area contributed by atoms with E-state index in [0.717, 1.165) is 0 Å². The van der Waals surface area contributed by atoms with Gasteiger partial charge in [0.25, 0.3) is 0 Å². The second kappa shape index (κ2) is 8.92. The molecule has 0 aliphatic rings. The molecule has 0 saturated heterocycles. The summed E-state index contributed by atoms with van der Waals surface area (Å²) in [6.07, 6.45) is 1.70. The summed E-state index contributed by atoms with van der Waals surface area (Å²) in [6.45, 7) is 7.96. The Hall–Kier alpha value is -0.0900.